The van der Waals surface area contributed by atoms with Gasteiger partial charge in [-0.25, -0.2) is 0 Å². The maximum absolute atomic E-state index is 9.88. The number of quaternary nitrogens is 3. The van der Waals surface area contributed by atoms with Crippen LogP contribution in [0.25, 0.3) is 0 Å². The standard InChI is InChI=1S/C29H55N3O/c1-21(20-33)25-9-10-26-24-8-7-22-19-23(32-18-6-17-31-16-5-4-15-30)11-13-28(22,2)27(24)12-14-29(25,26)3/h21-27,31-33H,4-20,30H2,1-3H3/p+3/t21-,22-,23-,24+,25-,26+,27+,28+,29-/m1/s1. The second-order valence-electron chi connectivity index (χ2n) is 13.4. The predicted octanol–water partition coefficient (Wildman–Crippen LogP) is 2.18. The molecule has 4 fully saturated rings. The van der Waals surface area contributed by atoms with Gasteiger partial charge in [0.2, 0.25) is 0 Å². The van der Waals surface area contributed by atoms with E-state index in [9.17, 15) is 5.11 Å². The Kier molecular flexibility index (Phi) is 8.85. The highest BCUT2D eigenvalue weighted by Gasteiger charge is 2.60. The minimum atomic E-state index is 0.382. The van der Waals surface area contributed by atoms with E-state index in [1.807, 2.05) is 0 Å². The zero-order chi connectivity index (χ0) is 23.5. The lowest BCUT2D eigenvalue weighted by Gasteiger charge is -2.61. The van der Waals surface area contributed by atoms with Crippen LogP contribution in [0.4, 0.5) is 0 Å². The summed E-state index contributed by atoms with van der Waals surface area (Å²) < 4.78 is 0. The van der Waals surface area contributed by atoms with Crippen molar-refractivity contribution >= 4 is 0 Å². The Bertz CT molecular complexity index is 614. The van der Waals surface area contributed by atoms with Crippen molar-refractivity contribution < 1.29 is 21.5 Å². The summed E-state index contributed by atoms with van der Waals surface area (Å²) in [6.07, 6.45) is 17.1. The van der Waals surface area contributed by atoms with Crippen molar-refractivity contribution in [2.75, 3.05) is 32.8 Å². The summed E-state index contributed by atoms with van der Waals surface area (Å²) in [7, 11) is 0. The third kappa shape index (κ3) is 5.20. The Labute approximate surface area is 204 Å². The molecule has 4 nitrogen and oxygen atoms in total. The zero-order valence-corrected chi connectivity index (χ0v) is 22.4. The molecule has 0 amide bonds. The van der Waals surface area contributed by atoms with Gasteiger partial charge in [0.05, 0.1) is 32.2 Å². The lowest BCUT2D eigenvalue weighted by Crippen LogP contribution is -2.92. The molecule has 0 spiro atoms. The van der Waals surface area contributed by atoms with Crippen LogP contribution in [0.5, 0.6) is 0 Å². The molecule has 8 N–H and O–H groups in total. The van der Waals surface area contributed by atoms with Gasteiger partial charge in [-0.1, -0.05) is 20.8 Å². The highest BCUT2D eigenvalue weighted by atomic mass is 16.3. The van der Waals surface area contributed by atoms with Crippen LogP contribution in [0.2, 0.25) is 0 Å². The molecule has 192 valence electrons. The first kappa shape index (κ1) is 25.9. The summed E-state index contributed by atoms with van der Waals surface area (Å²) in [5.41, 5.74) is 5.05. The normalized spacial score (nSPS) is 43.5. The maximum Gasteiger partial charge on any atom is 0.0862 e. The fraction of sp³-hybridized carbons (Fsp3) is 1.00. The van der Waals surface area contributed by atoms with Crippen LogP contribution in [0.3, 0.4) is 0 Å². The third-order valence-corrected chi connectivity index (χ3v) is 11.8. The summed E-state index contributed by atoms with van der Waals surface area (Å²) in [6.45, 7) is 13.1. The van der Waals surface area contributed by atoms with Crippen LogP contribution in [0, 0.1) is 46.3 Å². The Morgan fingerprint density at radius 3 is 2.42 bits per heavy atom. The number of rotatable bonds is 11. The fourth-order valence-corrected chi connectivity index (χ4v) is 9.83. The number of hydrogen-bond acceptors (Lipinski definition) is 1. The van der Waals surface area contributed by atoms with Crippen LogP contribution in [0.15, 0.2) is 0 Å². The Balaban J connectivity index is 1.27. The summed E-state index contributed by atoms with van der Waals surface area (Å²) in [5.74, 6) is 5.10. The largest absolute Gasteiger partial charge is 0.396 e. The Morgan fingerprint density at radius 1 is 0.879 bits per heavy atom. The number of unbranched alkanes of at least 4 members (excludes halogenated alkanes) is 1. The molecule has 0 aromatic carbocycles. The fourth-order valence-electron chi connectivity index (χ4n) is 9.83. The van der Waals surface area contributed by atoms with E-state index in [0.29, 0.717) is 23.4 Å². The maximum atomic E-state index is 9.88. The molecule has 4 aliphatic carbocycles. The van der Waals surface area contributed by atoms with E-state index >= 15 is 0 Å². The summed E-state index contributed by atoms with van der Waals surface area (Å²) >= 11 is 0. The van der Waals surface area contributed by atoms with Gasteiger partial charge in [-0.05, 0) is 97.7 Å². The SMILES string of the molecule is C[C@H](CO)[C@H]1CC[C@H]2[C@@H]3CC[C@@H]4C[C@H]([NH2+]CCC[NH2+]CCCC[NH3+])CC[C@]4(C)[C@H]3CC[C@]12C. The van der Waals surface area contributed by atoms with Gasteiger partial charge in [-0.15, -0.1) is 0 Å². The van der Waals surface area contributed by atoms with Gasteiger partial charge in [0.1, 0.15) is 0 Å². The summed E-state index contributed by atoms with van der Waals surface area (Å²) in [5, 5.41) is 15.1. The van der Waals surface area contributed by atoms with Crippen molar-refractivity contribution in [1.82, 2.24) is 0 Å². The first-order chi connectivity index (χ1) is 15.9. The molecule has 4 rings (SSSR count). The second-order valence-corrected chi connectivity index (χ2v) is 13.4. The van der Waals surface area contributed by atoms with Crippen molar-refractivity contribution in [2.45, 2.75) is 104 Å². The minimum Gasteiger partial charge on any atom is -0.396 e. The quantitative estimate of drug-likeness (QED) is 0.347. The van der Waals surface area contributed by atoms with Gasteiger partial charge < -0.3 is 21.5 Å². The van der Waals surface area contributed by atoms with Crippen molar-refractivity contribution in [3.8, 4) is 0 Å². The van der Waals surface area contributed by atoms with Gasteiger partial charge in [-0.3, -0.25) is 0 Å². The highest BCUT2D eigenvalue weighted by Crippen LogP contribution is 2.68. The van der Waals surface area contributed by atoms with E-state index in [4.69, 9.17) is 0 Å². The molecule has 0 unspecified atom stereocenters. The molecule has 4 heteroatoms. The smallest absolute Gasteiger partial charge is 0.0862 e. The van der Waals surface area contributed by atoms with Gasteiger partial charge >= 0.3 is 0 Å². The molecule has 0 saturated heterocycles. The number of aliphatic hydroxyl groups is 1. The molecule has 0 bridgehead atoms. The molecule has 0 aromatic heterocycles. The van der Waals surface area contributed by atoms with E-state index < -0.39 is 0 Å². The van der Waals surface area contributed by atoms with Gasteiger partial charge in [0.15, 0.2) is 0 Å². The number of hydrogen-bond donors (Lipinski definition) is 4. The Hall–Kier alpha value is -0.160. The van der Waals surface area contributed by atoms with E-state index in [1.54, 1.807) is 0 Å². The van der Waals surface area contributed by atoms with Crippen LogP contribution in [-0.2, 0) is 0 Å². The summed E-state index contributed by atoms with van der Waals surface area (Å²) in [4.78, 5) is 0. The minimum absolute atomic E-state index is 0.382. The second kappa shape index (κ2) is 11.3. The first-order valence-corrected chi connectivity index (χ1v) is 15.0. The summed E-state index contributed by atoms with van der Waals surface area (Å²) in [6, 6.07) is 0.890. The number of nitrogens with two attached hydrogens (primary N) is 2. The molecule has 4 saturated carbocycles. The van der Waals surface area contributed by atoms with Crippen LogP contribution >= 0.6 is 0 Å². The van der Waals surface area contributed by atoms with Crippen molar-refractivity contribution in [1.29, 1.82) is 0 Å². The highest BCUT2D eigenvalue weighted by molar-refractivity contribution is 5.09. The van der Waals surface area contributed by atoms with E-state index in [1.165, 1.54) is 96.7 Å². The first-order valence-electron chi connectivity index (χ1n) is 15.0. The average Bonchev–Trinajstić information content (AvgIpc) is 3.17. The van der Waals surface area contributed by atoms with Gasteiger partial charge in [-0.2, -0.15) is 0 Å². The van der Waals surface area contributed by atoms with Crippen LogP contribution < -0.4 is 16.4 Å². The molecule has 33 heavy (non-hydrogen) atoms. The van der Waals surface area contributed by atoms with Gasteiger partial charge in [0.25, 0.3) is 0 Å². The number of aliphatic hydroxyl groups excluding tert-OH is 1. The monoisotopic (exact) mass is 464 g/mol. The Morgan fingerprint density at radius 2 is 1.64 bits per heavy atom. The molecule has 0 aliphatic heterocycles. The molecule has 9 atom stereocenters. The van der Waals surface area contributed by atoms with Crippen molar-refractivity contribution in [2.24, 2.45) is 46.3 Å². The van der Waals surface area contributed by atoms with Crippen molar-refractivity contribution in [3.63, 3.8) is 0 Å². The third-order valence-electron chi connectivity index (χ3n) is 11.8. The molecule has 0 aromatic rings. The zero-order valence-electron chi connectivity index (χ0n) is 22.4. The average molecular weight is 465 g/mol. The van der Waals surface area contributed by atoms with Crippen LogP contribution in [-0.4, -0.2) is 43.9 Å². The van der Waals surface area contributed by atoms with E-state index in [-0.39, 0.29) is 0 Å². The van der Waals surface area contributed by atoms with E-state index in [0.717, 1.165) is 42.2 Å². The van der Waals surface area contributed by atoms with Gasteiger partial charge in [0, 0.05) is 32.3 Å². The topological polar surface area (TPSA) is 81.1 Å². The molecule has 0 radical (unpaired) electrons. The molecular weight excluding hydrogens is 406 g/mol. The molecule has 0 heterocycles. The van der Waals surface area contributed by atoms with Crippen molar-refractivity contribution in [3.05, 3.63) is 0 Å². The lowest BCUT2D eigenvalue weighted by atomic mass is 9.44. The predicted molar refractivity (Wildman–Crippen MR) is 135 cm³/mol. The number of fused-ring (bicyclic) bond motifs is 5. The lowest BCUT2D eigenvalue weighted by molar-refractivity contribution is -0.705. The van der Waals surface area contributed by atoms with E-state index in [2.05, 4.69) is 37.1 Å². The molecular formula is C29H58N3O+3. The molecule has 4 aliphatic rings. The van der Waals surface area contributed by atoms with Crippen LogP contribution in [0.1, 0.15) is 97.8 Å².